The standard InChI is InChI=1S/C30H22N2.C2H6/c1-3-9-22(10-4-1)23-15-17-24(18-16-23)31-25-19-20-30-28(21-25)27-13-7-8-14-29(27)32(30)26-11-5-2-6-12-26;1-2/h1-21,31H;1-2H3. The van der Waals surface area contributed by atoms with Gasteiger partial charge in [-0.2, -0.15) is 0 Å². The Balaban J connectivity index is 0.00000117. The predicted molar refractivity (Wildman–Crippen MR) is 147 cm³/mol. The highest BCUT2D eigenvalue weighted by molar-refractivity contribution is 6.10. The minimum absolute atomic E-state index is 1.08. The molecule has 0 aliphatic heterocycles. The number of anilines is 2. The van der Waals surface area contributed by atoms with E-state index in [9.17, 15) is 0 Å². The van der Waals surface area contributed by atoms with Gasteiger partial charge in [0.15, 0.2) is 0 Å². The molecule has 6 aromatic rings. The molecule has 0 aliphatic rings. The van der Waals surface area contributed by atoms with Crippen LogP contribution in [0.25, 0.3) is 38.6 Å². The van der Waals surface area contributed by atoms with Gasteiger partial charge in [0, 0.05) is 27.8 Å². The fraction of sp³-hybridized carbons (Fsp3) is 0.0625. The van der Waals surface area contributed by atoms with E-state index in [1.807, 2.05) is 19.9 Å². The van der Waals surface area contributed by atoms with Gasteiger partial charge in [0.1, 0.15) is 0 Å². The van der Waals surface area contributed by atoms with Crippen LogP contribution >= 0.6 is 0 Å². The third-order valence-electron chi connectivity index (χ3n) is 5.97. The van der Waals surface area contributed by atoms with E-state index in [4.69, 9.17) is 0 Å². The van der Waals surface area contributed by atoms with Crippen molar-refractivity contribution in [1.82, 2.24) is 4.57 Å². The van der Waals surface area contributed by atoms with Crippen molar-refractivity contribution in [2.24, 2.45) is 0 Å². The number of nitrogens with one attached hydrogen (secondary N) is 1. The molecule has 34 heavy (non-hydrogen) atoms. The molecular formula is C32H28N2. The molecule has 0 bridgehead atoms. The fourth-order valence-corrected chi connectivity index (χ4v) is 4.45. The van der Waals surface area contributed by atoms with Crippen molar-refractivity contribution >= 4 is 33.2 Å². The number of hydrogen-bond acceptors (Lipinski definition) is 1. The SMILES string of the molecule is CC.c1ccc(-c2ccc(Nc3ccc4c(c3)c3ccccc3n4-c3ccccc3)cc2)cc1. The Labute approximate surface area is 201 Å². The molecular weight excluding hydrogens is 412 g/mol. The summed E-state index contributed by atoms with van der Waals surface area (Å²) in [5, 5.41) is 6.08. The van der Waals surface area contributed by atoms with Crippen molar-refractivity contribution in [2.45, 2.75) is 13.8 Å². The first-order valence-electron chi connectivity index (χ1n) is 11.9. The lowest BCUT2D eigenvalue weighted by Crippen LogP contribution is -1.93. The normalized spacial score (nSPS) is 10.6. The maximum absolute atomic E-state index is 3.58. The van der Waals surface area contributed by atoms with Crippen LogP contribution in [0, 0.1) is 0 Å². The lowest BCUT2D eigenvalue weighted by molar-refractivity contribution is 1.18. The highest BCUT2D eigenvalue weighted by Crippen LogP contribution is 2.34. The Bertz CT molecular complexity index is 1510. The summed E-state index contributed by atoms with van der Waals surface area (Å²) in [4.78, 5) is 0. The van der Waals surface area contributed by atoms with Crippen LogP contribution in [0.15, 0.2) is 127 Å². The second-order valence-electron chi connectivity index (χ2n) is 7.99. The lowest BCUT2D eigenvalue weighted by Gasteiger charge is -2.10. The van der Waals surface area contributed by atoms with Crippen molar-refractivity contribution < 1.29 is 0 Å². The van der Waals surface area contributed by atoms with E-state index in [0.29, 0.717) is 0 Å². The Morgan fingerprint density at radius 2 is 1.03 bits per heavy atom. The Hall–Kier alpha value is -4.30. The summed E-state index contributed by atoms with van der Waals surface area (Å²) in [5.41, 5.74) is 8.22. The lowest BCUT2D eigenvalue weighted by atomic mass is 10.1. The third-order valence-corrected chi connectivity index (χ3v) is 5.97. The van der Waals surface area contributed by atoms with Crippen molar-refractivity contribution in [1.29, 1.82) is 0 Å². The van der Waals surface area contributed by atoms with E-state index in [1.54, 1.807) is 0 Å². The number of fused-ring (bicyclic) bond motifs is 3. The molecule has 0 radical (unpaired) electrons. The van der Waals surface area contributed by atoms with Crippen LogP contribution in [0.3, 0.4) is 0 Å². The van der Waals surface area contributed by atoms with Crippen molar-refractivity contribution in [3.63, 3.8) is 0 Å². The van der Waals surface area contributed by atoms with Gasteiger partial charge in [-0.25, -0.2) is 0 Å². The molecule has 0 aliphatic carbocycles. The van der Waals surface area contributed by atoms with Gasteiger partial charge in [-0.15, -0.1) is 0 Å². The van der Waals surface area contributed by atoms with Crippen molar-refractivity contribution in [3.05, 3.63) is 127 Å². The van der Waals surface area contributed by atoms with Gasteiger partial charge < -0.3 is 9.88 Å². The molecule has 0 spiro atoms. The summed E-state index contributed by atoms with van der Waals surface area (Å²) in [6.45, 7) is 4.00. The zero-order chi connectivity index (χ0) is 23.3. The molecule has 0 atom stereocenters. The molecule has 0 saturated carbocycles. The molecule has 1 aromatic heterocycles. The topological polar surface area (TPSA) is 17.0 Å². The number of hydrogen-bond donors (Lipinski definition) is 1. The molecule has 166 valence electrons. The van der Waals surface area contributed by atoms with Crippen molar-refractivity contribution in [2.75, 3.05) is 5.32 Å². The van der Waals surface area contributed by atoms with E-state index in [1.165, 1.54) is 38.6 Å². The smallest absolute Gasteiger partial charge is 0.0542 e. The summed E-state index contributed by atoms with van der Waals surface area (Å²) < 4.78 is 2.34. The maximum atomic E-state index is 3.58. The molecule has 6 rings (SSSR count). The van der Waals surface area contributed by atoms with Crippen LogP contribution in [0.2, 0.25) is 0 Å². The van der Waals surface area contributed by atoms with Gasteiger partial charge in [-0.3, -0.25) is 0 Å². The number of nitrogens with zero attached hydrogens (tertiary/aromatic N) is 1. The zero-order valence-electron chi connectivity index (χ0n) is 19.6. The molecule has 0 fully saturated rings. The van der Waals surface area contributed by atoms with Crippen LogP contribution in [-0.2, 0) is 0 Å². The number of para-hydroxylation sites is 2. The number of aromatic nitrogens is 1. The van der Waals surface area contributed by atoms with Gasteiger partial charge in [-0.05, 0) is 59.7 Å². The average Bonchev–Trinajstić information content (AvgIpc) is 3.25. The first-order valence-corrected chi connectivity index (χ1v) is 11.9. The monoisotopic (exact) mass is 440 g/mol. The van der Waals surface area contributed by atoms with Crippen LogP contribution in [0.5, 0.6) is 0 Å². The minimum atomic E-state index is 1.08. The molecule has 0 amide bonds. The summed E-state index contributed by atoms with van der Waals surface area (Å²) in [6, 6.07) is 44.9. The quantitative estimate of drug-likeness (QED) is 0.289. The maximum Gasteiger partial charge on any atom is 0.0542 e. The third kappa shape index (κ3) is 4.06. The summed E-state index contributed by atoms with van der Waals surface area (Å²) >= 11 is 0. The minimum Gasteiger partial charge on any atom is -0.356 e. The molecule has 1 N–H and O–H groups in total. The second-order valence-corrected chi connectivity index (χ2v) is 7.99. The first-order chi connectivity index (χ1) is 16.9. The molecule has 2 heteroatoms. The fourth-order valence-electron chi connectivity index (χ4n) is 4.45. The Morgan fingerprint density at radius 3 is 1.76 bits per heavy atom. The van der Waals surface area contributed by atoms with Gasteiger partial charge in [0.2, 0.25) is 0 Å². The highest BCUT2D eigenvalue weighted by atomic mass is 15.0. The summed E-state index contributed by atoms with van der Waals surface area (Å²) in [7, 11) is 0. The van der Waals surface area contributed by atoms with Gasteiger partial charge in [0.25, 0.3) is 0 Å². The van der Waals surface area contributed by atoms with Gasteiger partial charge >= 0.3 is 0 Å². The second kappa shape index (κ2) is 9.68. The van der Waals surface area contributed by atoms with Gasteiger partial charge in [-0.1, -0.05) is 92.7 Å². The first kappa shape index (κ1) is 21.5. The zero-order valence-corrected chi connectivity index (χ0v) is 19.6. The predicted octanol–water partition coefficient (Wildman–Crippen LogP) is 9.22. The van der Waals surface area contributed by atoms with Crippen molar-refractivity contribution in [3.8, 4) is 16.8 Å². The summed E-state index contributed by atoms with van der Waals surface area (Å²) in [5.74, 6) is 0. The van der Waals surface area contributed by atoms with E-state index < -0.39 is 0 Å². The molecule has 5 aromatic carbocycles. The Morgan fingerprint density at radius 1 is 0.471 bits per heavy atom. The summed E-state index contributed by atoms with van der Waals surface area (Å²) in [6.07, 6.45) is 0. The van der Waals surface area contributed by atoms with Crippen LogP contribution < -0.4 is 5.32 Å². The Kier molecular flexibility index (Phi) is 6.13. The van der Waals surface area contributed by atoms with E-state index in [2.05, 4.69) is 131 Å². The highest BCUT2D eigenvalue weighted by Gasteiger charge is 2.12. The van der Waals surface area contributed by atoms with E-state index >= 15 is 0 Å². The molecule has 0 saturated heterocycles. The van der Waals surface area contributed by atoms with Crippen LogP contribution in [0.4, 0.5) is 11.4 Å². The number of rotatable bonds is 4. The molecule has 1 heterocycles. The van der Waals surface area contributed by atoms with Crippen LogP contribution in [-0.4, -0.2) is 4.57 Å². The van der Waals surface area contributed by atoms with Crippen LogP contribution in [0.1, 0.15) is 13.8 Å². The largest absolute Gasteiger partial charge is 0.356 e. The average molecular weight is 441 g/mol. The molecule has 0 unspecified atom stereocenters. The molecule has 2 nitrogen and oxygen atoms in total. The van der Waals surface area contributed by atoms with E-state index in [-0.39, 0.29) is 0 Å². The number of benzene rings is 5. The van der Waals surface area contributed by atoms with E-state index in [0.717, 1.165) is 11.4 Å². The van der Waals surface area contributed by atoms with Gasteiger partial charge in [0.05, 0.1) is 11.0 Å².